The van der Waals surface area contributed by atoms with Gasteiger partial charge in [-0.3, -0.25) is 9.09 Å². The van der Waals surface area contributed by atoms with Crippen LogP contribution in [0.3, 0.4) is 0 Å². The Labute approximate surface area is 190 Å². The van der Waals surface area contributed by atoms with E-state index in [2.05, 4.69) is 30.0 Å². The molecule has 0 spiro atoms. The lowest BCUT2D eigenvalue weighted by molar-refractivity contribution is -0.0786. The van der Waals surface area contributed by atoms with Gasteiger partial charge in [-0.25, -0.2) is 22.9 Å². The Bertz CT molecular complexity index is 1210. The summed E-state index contributed by atoms with van der Waals surface area (Å²) in [5.74, 6) is 4.14. The third-order valence-electron chi connectivity index (χ3n) is 4.28. The average molecular weight is 551 g/mol. The fraction of sp³-hybridized carbons (Fsp3) is 0.571. The summed E-state index contributed by atoms with van der Waals surface area (Å²) >= 11 is 0. The van der Waals surface area contributed by atoms with Crippen molar-refractivity contribution in [3.63, 3.8) is 0 Å². The summed E-state index contributed by atoms with van der Waals surface area (Å²) in [5.41, 5.74) is 1.52. The molecule has 0 amide bonds. The minimum atomic E-state index is -5.82. The third-order valence-corrected chi connectivity index (χ3v) is 8.21. The normalized spacial score (nSPS) is 29.5. The molecule has 0 bridgehead atoms. The average Bonchev–Trinajstić information content (AvgIpc) is 2.83. The fourth-order valence-corrected chi connectivity index (χ4v) is 6.34. The maximum absolute atomic E-state index is 15.8. The molecule has 1 fully saturated rings. The second-order valence-corrected chi connectivity index (χ2v) is 11.3. The number of aromatic nitrogens is 2. The van der Waals surface area contributed by atoms with E-state index in [1.54, 1.807) is 0 Å². The first-order valence-electron chi connectivity index (χ1n) is 8.96. The number of anilines is 1. The smallest absolute Gasteiger partial charge is 0.386 e. The van der Waals surface area contributed by atoms with E-state index < -0.39 is 59.4 Å². The van der Waals surface area contributed by atoms with Gasteiger partial charge in [-0.1, -0.05) is 5.92 Å². The second kappa shape index (κ2) is 9.87. The summed E-state index contributed by atoms with van der Waals surface area (Å²) in [4.78, 5) is 51.9. The van der Waals surface area contributed by atoms with E-state index in [9.17, 15) is 33.4 Å². The van der Waals surface area contributed by atoms with Crippen LogP contribution < -0.4 is 11.4 Å². The maximum Gasteiger partial charge on any atom is 0.490 e. The molecular weight excluding hydrogens is 530 g/mol. The second-order valence-electron chi connectivity index (χ2n) is 6.92. The summed E-state index contributed by atoms with van der Waals surface area (Å²) in [6.07, 6.45) is -7.77. The topological polar surface area (TPSA) is 250 Å². The number of nitrogens with zero attached hydrogens (tertiary/aromatic N) is 2. The highest BCUT2D eigenvalue weighted by molar-refractivity contribution is 7.66. The van der Waals surface area contributed by atoms with Gasteiger partial charge < -0.3 is 35.2 Å². The van der Waals surface area contributed by atoms with Crippen molar-refractivity contribution in [2.45, 2.75) is 51.0 Å². The number of hydrogen-bond donors (Lipinski definition) is 6. The molecule has 0 aliphatic carbocycles. The minimum absolute atomic E-state index is 0.0656. The van der Waals surface area contributed by atoms with E-state index in [1.807, 2.05) is 0 Å². The summed E-state index contributed by atoms with van der Waals surface area (Å²) in [5, 5.41) is 10.6. The monoisotopic (exact) mass is 551 g/mol. The molecule has 2 heterocycles. The van der Waals surface area contributed by atoms with Crippen molar-refractivity contribution in [1.82, 2.24) is 9.55 Å². The Morgan fingerprint density at radius 2 is 1.85 bits per heavy atom. The number of hydrogen-bond acceptors (Lipinski definition) is 11. The highest BCUT2D eigenvalue weighted by atomic mass is 31.3. The van der Waals surface area contributed by atoms with Crippen LogP contribution in [-0.2, 0) is 31.6 Å². The zero-order valence-corrected chi connectivity index (χ0v) is 20.3. The van der Waals surface area contributed by atoms with Crippen LogP contribution in [0.5, 0.6) is 0 Å². The Hall–Kier alpha value is -1.50. The molecule has 20 heteroatoms. The SMILES string of the molecule is CC#CC1(F)C(O)[C@@H](C(C)OP(=O)(O)OP(=O)(O)OP(=O)(O)O)O[C@H]1n1c(C)cc(N)nc1=O. The van der Waals surface area contributed by atoms with Gasteiger partial charge in [0.1, 0.15) is 18.0 Å². The van der Waals surface area contributed by atoms with Gasteiger partial charge >= 0.3 is 29.2 Å². The highest BCUT2D eigenvalue weighted by Gasteiger charge is 2.60. The first-order valence-corrected chi connectivity index (χ1v) is 13.5. The van der Waals surface area contributed by atoms with E-state index >= 15 is 4.39 Å². The van der Waals surface area contributed by atoms with E-state index in [-0.39, 0.29) is 11.5 Å². The Morgan fingerprint density at radius 3 is 2.35 bits per heavy atom. The number of alkyl halides is 1. The molecule has 0 aromatic carbocycles. The van der Waals surface area contributed by atoms with Gasteiger partial charge in [0.05, 0.1) is 6.10 Å². The standard InChI is InChI=1S/C14H21FN3O13P3/c1-4-5-14(15)11(19)10(28-12(14)18-7(2)6-9(16)17-13(18)20)8(3)29-33(24,25)31-34(26,27)30-32(21,22)23/h6,8,10-12,19H,1-3H3,(H,24,25)(H,26,27)(H2,16,17,20)(H2,21,22,23)/t8?,10-,11?,12-,14?/m1/s1. The number of ether oxygens (including phenoxy) is 1. The number of phosphoric acid groups is 3. The van der Waals surface area contributed by atoms with Gasteiger partial charge in [-0.05, 0) is 26.8 Å². The number of aryl methyl sites for hydroxylation is 1. The van der Waals surface area contributed by atoms with Crippen molar-refractivity contribution in [1.29, 1.82) is 0 Å². The molecule has 16 nitrogen and oxygen atoms in total. The van der Waals surface area contributed by atoms with E-state index in [4.69, 9.17) is 20.3 Å². The molecule has 1 aromatic heterocycles. The molecule has 2 rings (SSSR count). The molecule has 5 unspecified atom stereocenters. The molecule has 34 heavy (non-hydrogen) atoms. The summed E-state index contributed by atoms with van der Waals surface area (Å²) < 4.78 is 68.0. The zero-order valence-electron chi connectivity index (χ0n) is 17.6. The Kier molecular flexibility index (Phi) is 8.34. The van der Waals surface area contributed by atoms with Crippen LogP contribution in [0, 0.1) is 18.8 Å². The maximum atomic E-state index is 15.8. The van der Waals surface area contributed by atoms with Crippen LogP contribution in [0.25, 0.3) is 0 Å². The predicted molar refractivity (Wildman–Crippen MR) is 109 cm³/mol. The van der Waals surface area contributed by atoms with E-state index in [0.717, 1.165) is 6.92 Å². The predicted octanol–water partition coefficient (Wildman–Crippen LogP) is -0.144. The van der Waals surface area contributed by atoms with Crippen molar-refractivity contribution in [3.05, 3.63) is 22.2 Å². The summed E-state index contributed by atoms with van der Waals surface area (Å²) in [7, 11) is -17.1. The molecular formula is C14H21FN3O13P3. The lowest BCUT2D eigenvalue weighted by Gasteiger charge is -2.26. The molecule has 0 radical (unpaired) electrons. The van der Waals surface area contributed by atoms with E-state index in [1.165, 1.54) is 19.9 Å². The molecule has 7 atom stereocenters. The van der Waals surface area contributed by atoms with Crippen LogP contribution >= 0.6 is 23.5 Å². The Balaban J connectivity index is 2.37. The first kappa shape index (κ1) is 28.7. The highest BCUT2D eigenvalue weighted by Crippen LogP contribution is 2.66. The molecule has 1 saturated heterocycles. The number of nitrogens with two attached hydrogens (primary N) is 1. The van der Waals surface area contributed by atoms with Gasteiger partial charge in [-0.15, -0.1) is 5.92 Å². The third kappa shape index (κ3) is 6.58. The van der Waals surface area contributed by atoms with Crippen molar-refractivity contribution < 1.29 is 60.6 Å². The molecule has 1 aromatic rings. The van der Waals surface area contributed by atoms with Crippen molar-refractivity contribution >= 4 is 29.3 Å². The summed E-state index contributed by atoms with van der Waals surface area (Å²) in [6.45, 7) is 3.55. The lowest BCUT2D eigenvalue weighted by Crippen LogP contribution is -2.46. The quantitative estimate of drug-likeness (QED) is 0.182. The molecule has 1 aliphatic rings. The molecule has 192 valence electrons. The lowest BCUT2D eigenvalue weighted by atomic mass is 9.94. The van der Waals surface area contributed by atoms with Crippen molar-refractivity contribution in [2.75, 3.05) is 5.73 Å². The molecule has 0 saturated carbocycles. The van der Waals surface area contributed by atoms with Crippen LogP contribution in [-0.4, -0.2) is 58.2 Å². The fourth-order valence-electron chi connectivity index (χ4n) is 3.14. The van der Waals surface area contributed by atoms with Crippen LogP contribution in [0.15, 0.2) is 10.9 Å². The first-order chi connectivity index (χ1) is 15.3. The largest absolute Gasteiger partial charge is 0.490 e. The number of phosphoric ester groups is 1. The van der Waals surface area contributed by atoms with Gasteiger partial charge in [0.2, 0.25) is 5.67 Å². The van der Waals surface area contributed by atoms with Crippen LogP contribution in [0.4, 0.5) is 10.2 Å². The summed E-state index contributed by atoms with van der Waals surface area (Å²) in [6, 6.07) is 1.21. The number of nitrogen functional groups attached to an aromatic ring is 1. The number of rotatable bonds is 8. The Morgan fingerprint density at radius 1 is 1.26 bits per heavy atom. The number of aliphatic hydroxyl groups is 1. The van der Waals surface area contributed by atoms with Gasteiger partial charge in [0, 0.05) is 5.69 Å². The van der Waals surface area contributed by atoms with Crippen molar-refractivity contribution in [3.8, 4) is 11.8 Å². The molecule has 7 N–H and O–H groups in total. The van der Waals surface area contributed by atoms with Gasteiger partial charge in [0.15, 0.2) is 6.23 Å². The van der Waals surface area contributed by atoms with Crippen LogP contribution in [0.2, 0.25) is 0 Å². The van der Waals surface area contributed by atoms with Crippen molar-refractivity contribution in [2.24, 2.45) is 0 Å². The van der Waals surface area contributed by atoms with Crippen LogP contribution in [0.1, 0.15) is 25.8 Å². The number of halogens is 1. The molecule has 1 aliphatic heterocycles. The minimum Gasteiger partial charge on any atom is -0.386 e. The van der Waals surface area contributed by atoms with E-state index in [0.29, 0.717) is 4.57 Å². The zero-order chi connectivity index (χ0) is 26.3. The number of aliphatic hydroxyl groups excluding tert-OH is 1. The van der Waals surface area contributed by atoms with Gasteiger partial charge in [0.25, 0.3) is 0 Å². The van der Waals surface area contributed by atoms with Gasteiger partial charge in [-0.2, -0.15) is 13.6 Å².